The number of thioether (sulfide) groups is 2. The zero-order valence-corrected chi connectivity index (χ0v) is 13.5. The lowest BCUT2D eigenvalue weighted by Gasteiger charge is -2.36. The van der Waals surface area contributed by atoms with Crippen LogP contribution in [0.4, 0.5) is 0 Å². The second-order valence-corrected chi connectivity index (χ2v) is 8.18. The quantitative estimate of drug-likeness (QED) is 0.741. The molecular formula is C18H18OS2. The van der Waals surface area contributed by atoms with Crippen molar-refractivity contribution in [3.05, 3.63) is 71.8 Å². The van der Waals surface area contributed by atoms with Crippen molar-refractivity contribution >= 4 is 29.3 Å². The third kappa shape index (κ3) is 3.35. The van der Waals surface area contributed by atoms with Gasteiger partial charge in [-0.1, -0.05) is 60.7 Å². The fourth-order valence-corrected chi connectivity index (χ4v) is 5.90. The van der Waals surface area contributed by atoms with Gasteiger partial charge in [-0.2, -0.15) is 0 Å². The summed E-state index contributed by atoms with van der Waals surface area (Å²) in [6, 6.07) is 20.1. The molecule has 108 valence electrons. The third-order valence-corrected chi connectivity index (χ3v) is 7.05. The Morgan fingerprint density at radius 2 is 1.48 bits per heavy atom. The van der Waals surface area contributed by atoms with Crippen LogP contribution in [0.2, 0.25) is 0 Å². The molecule has 0 atom stereocenters. The van der Waals surface area contributed by atoms with Crippen molar-refractivity contribution in [2.24, 2.45) is 0 Å². The molecule has 0 bridgehead atoms. The van der Waals surface area contributed by atoms with Crippen molar-refractivity contribution in [3.8, 4) is 0 Å². The molecule has 1 aliphatic heterocycles. The number of Topliss-reactive ketones (excluding diaryl/α,β-unsaturated/α-hetero) is 1. The lowest BCUT2D eigenvalue weighted by Crippen LogP contribution is -2.26. The molecule has 0 amide bonds. The van der Waals surface area contributed by atoms with Crippen molar-refractivity contribution in [1.82, 2.24) is 0 Å². The van der Waals surface area contributed by atoms with Crippen LogP contribution in [-0.2, 0) is 4.08 Å². The topological polar surface area (TPSA) is 17.1 Å². The van der Waals surface area contributed by atoms with E-state index in [0.29, 0.717) is 6.42 Å². The van der Waals surface area contributed by atoms with Crippen molar-refractivity contribution in [1.29, 1.82) is 0 Å². The Hall–Kier alpha value is -1.19. The predicted molar refractivity (Wildman–Crippen MR) is 93.0 cm³/mol. The summed E-state index contributed by atoms with van der Waals surface area (Å²) in [5.74, 6) is 2.50. The average Bonchev–Trinajstić information content (AvgIpc) is 2.57. The first-order valence-electron chi connectivity index (χ1n) is 7.22. The summed E-state index contributed by atoms with van der Waals surface area (Å²) < 4.78 is -0.119. The molecule has 1 saturated heterocycles. The van der Waals surface area contributed by atoms with Gasteiger partial charge in [0, 0.05) is 12.0 Å². The standard InChI is InChI=1S/C18H18OS2/c19-17(15-8-3-1-4-9-15)14-18(20-12-7-13-21-18)16-10-5-2-6-11-16/h1-6,8-11H,7,12-14H2. The van der Waals surface area contributed by atoms with Crippen LogP contribution in [0.3, 0.4) is 0 Å². The van der Waals surface area contributed by atoms with E-state index < -0.39 is 0 Å². The number of hydrogen-bond donors (Lipinski definition) is 0. The van der Waals surface area contributed by atoms with Gasteiger partial charge in [0.2, 0.25) is 0 Å². The van der Waals surface area contributed by atoms with Gasteiger partial charge in [0.25, 0.3) is 0 Å². The Morgan fingerprint density at radius 1 is 0.905 bits per heavy atom. The molecule has 1 fully saturated rings. The van der Waals surface area contributed by atoms with Crippen LogP contribution in [-0.4, -0.2) is 17.3 Å². The number of hydrogen-bond acceptors (Lipinski definition) is 3. The molecule has 1 nitrogen and oxygen atoms in total. The Balaban J connectivity index is 1.88. The van der Waals surface area contributed by atoms with Gasteiger partial charge in [-0.3, -0.25) is 4.79 Å². The maximum Gasteiger partial charge on any atom is 0.165 e. The highest BCUT2D eigenvalue weighted by Crippen LogP contribution is 2.53. The van der Waals surface area contributed by atoms with Gasteiger partial charge in [0.1, 0.15) is 0 Å². The molecule has 3 heteroatoms. The summed E-state index contributed by atoms with van der Waals surface area (Å²) in [7, 11) is 0. The molecule has 0 aromatic heterocycles. The van der Waals surface area contributed by atoms with Crippen molar-refractivity contribution in [2.45, 2.75) is 16.9 Å². The minimum absolute atomic E-state index is 0.119. The van der Waals surface area contributed by atoms with E-state index in [9.17, 15) is 4.79 Å². The van der Waals surface area contributed by atoms with Gasteiger partial charge in [-0.15, -0.1) is 23.5 Å². The SMILES string of the molecule is O=C(CC1(c2ccccc2)SCCCS1)c1ccccc1. The molecule has 2 aromatic carbocycles. The van der Waals surface area contributed by atoms with Gasteiger partial charge in [0.05, 0.1) is 4.08 Å². The molecule has 0 N–H and O–H groups in total. The van der Waals surface area contributed by atoms with Crippen LogP contribution < -0.4 is 0 Å². The maximum absolute atomic E-state index is 12.7. The Bertz CT molecular complexity index is 589. The van der Waals surface area contributed by atoms with Crippen LogP contribution in [0.15, 0.2) is 60.7 Å². The number of carbonyl (C=O) groups is 1. The molecule has 2 aromatic rings. The van der Waals surface area contributed by atoms with E-state index in [0.717, 1.165) is 17.1 Å². The van der Waals surface area contributed by atoms with Crippen molar-refractivity contribution < 1.29 is 4.79 Å². The zero-order chi connectivity index (χ0) is 14.5. The fraction of sp³-hybridized carbons (Fsp3) is 0.278. The lowest BCUT2D eigenvalue weighted by molar-refractivity contribution is 0.0978. The van der Waals surface area contributed by atoms with Gasteiger partial charge in [0.15, 0.2) is 5.78 Å². The van der Waals surface area contributed by atoms with Crippen LogP contribution in [0.25, 0.3) is 0 Å². The molecule has 1 heterocycles. The number of rotatable bonds is 4. The Kier molecular flexibility index (Phi) is 4.71. The summed E-state index contributed by atoms with van der Waals surface area (Å²) >= 11 is 3.86. The maximum atomic E-state index is 12.7. The number of benzene rings is 2. The normalized spacial score (nSPS) is 17.3. The highest BCUT2D eigenvalue weighted by molar-refractivity contribution is 8.18. The number of carbonyl (C=O) groups excluding carboxylic acids is 1. The predicted octanol–water partition coefficient (Wildman–Crippen LogP) is 4.98. The minimum atomic E-state index is -0.119. The van der Waals surface area contributed by atoms with Crippen LogP contribution in [0, 0.1) is 0 Å². The molecule has 3 rings (SSSR count). The second-order valence-electron chi connectivity index (χ2n) is 5.14. The average molecular weight is 314 g/mol. The zero-order valence-electron chi connectivity index (χ0n) is 11.8. The minimum Gasteiger partial charge on any atom is -0.294 e. The summed E-state index contributed by atoms with van der Waals surface area (Å²) in [6.45, 7) is 0. The molecule has 0 unspecified atom stereocenters. The smallest absolute Gasteiger partial charge is 0.165 e. The van der Waals surface area contributed by atoms with Crippen molar-refractivity contribution in [3.63, 3.8) is 0 Å². The lowest BCUT2D eigenvalue weighted by atomic mass is 10.0. The van der Waals surface area contributed by atoms with E-state index >= 15 is 0 Å². The molecule has 0 saturated carbocycles. The van der Waals surface area contributed by atoms with Gasteiger partial charge in [-0.05, 0) is 23.5 Å². The highest BCUT2D eigenvalue weighted by Gasteiger charge is 2.37. The third-order valence-electron chi connectivity index (χ3n) is 3.66. The fourth-order valence-electron chi connectivity index (χ4n) is 2.58. The largest absolute Gasteiger partial charge is 0.294 e. The first-order valence-corrected chi connectivity index (χ1v) is 9.19. The summed E-state index contributed by atoms with van der Waals surface area (Å²) in [6.07, 6.45) is 1.79. The summed E-state index contributed by atoms with van der Waals surface area (Å²) in [5, 5.41) is 0. The Morgan fingerprint density at radius 3 is 2.10 bits per heavy atom. The van der Waals surface area contributed by atoms with E-state index in [2.05, 4.69) is 24.3 Å². The van der Waals surface area contributed by atoms with Crippen LogP contribution >= 0.6 is 23.5 Å². The summed E-state index contributed by atoms with van der Waals surface area (Å²) in [5.41, 5.74) is 2.09. The van der Waals surface area contributed by atoms with E-state index in [-0.39, 0.29) is 9.86 Å². The van der Waals surface area contributed by atoms with Crippen LogP contribution in [0.1, 0.15) is 28.8 Å². The van der Waals surface area contributed by atoms with E-state index in [1.165, 1.54) is 12.0 Å². The molecule has 0 aliphatic carbocycles. The Labute approximate surface area is 134 Å². The first-order chi connectivity index (χ1) is 10.3. The molecule has 0 radical (unpaired) electrons. The highest BCUT2D eigenvalue weighted by atomic mass is 32.2. The molecule has 21 heavy (non-hydrogen) atoms. The van der Waals surface area contributed by atoms with E-state index in [1.807, 2.05) is 59.9 Å². The van der Waals surface area contributed by atoms with Gasteiger partial charge >= 0.3 is 0 Å². The molecule has 0 spiro atoms. The summed E-state index contributed by atoms with van der Waals surface area (Å²) in [4.78, 5) is 12.7. The first kappa shape index (κ1) is 14.7. The van der Waals surface area contributed by atoms with E-state index in [1.54, 1.807) is 0 Å². The van der Waals surface area contributed by atoms with Gasteiger partial charge < -0.3 is 0 Å². The van der Waals surface area contributed by atoms with Crippen molar-refractivity contribution in [2.75, 3.05) is 11.5 Å². The van der Waals surface area contributed by atoms with Crippen LogP contribution in [0.5, 0.6) is 0 Å². The van der Waals surface area contributed by atoms with E-state index in [4.69, 9.17) is 0 Å². The molecule has 1 aliphatic rings. The second kappa shape index (κ2) is 6.71. The van der Waals surface area contributed by atoms with Gasteiger partial charge in [-0.25, -0.2) is 0 Å². The molecular weight excluding hydrogens is 296 g/mol. The monoisotopic (exact) mass is 314 g/mol. The number of ketones is 1.